The third-order valence-corrected chi connectivity index (χ3v) is 6.31. The highest BCUT2D eigenvalue weighted by molar-refractivity contribution is 9.10. The molecule has 0 aliphatic heterocycles. The predicted octanol–water partition coefficient (Wildman–Crippen LogP) is 5.86. The molecule has 0 heterocycles. The Labute approximate surface area is 211 Å². The van der Waals surface area contributed by atoms with Gasteiger partial charge in [-0.1, -0.05) is 102 Å². The number of hydrogen-bond acceptors (Lipinski definition) is 2. The van der Waals surface area contributed by atoms with Crippen molar-refractivity contribution in [1.82, 2.24) is 10.2 Å². The lowest BCUT2D eigenvalue weighted by atomic mass is 10.0. The van der Waals surface area contributed by atoms with Crippen LogP contribution in [0.1, 0.15) is 42.0 Å². The molecule has 34 heavy (non-hydrogen) atoms. The molecule has 0 aliphatic carbocycles. The second-order valence-electron chi connectivity index (χ2n) is 8.66. The molecule has 0 spiro atoms. The monoisotopic (exact) mass is 520 g/mol. The fourth-order valence-corrected chi connectivity index (χ4v) is 4.32. The third kappa shape index (κ3) is 7.84. The van der Waals surface area contributed by atoms with Crippen molar-refractivity contribution in [3.63, 3.8) is 0 Å². The number of benzene rings is 3. The largest absolute Gasteiger partial charge is 0.354 e. The Balaban J connectivity index is 1.93. The van der Waals surface area contributed by atoms with Crippen LogP contribution in [-0.2, 0) is 29.0 Å². The molecule has 3 aromatic carbocycles. The zero-order chi connectivity index (χ0) is 24.3. The van der Waals surface area contributed by atoms with E-state index in [0.717, 1.165) is 39.6 Å². The van der Waals surface area contributed by atoms with Gasteiger partial charge in [-0.05, 0) is 42.2 Å². The summed E-state index contributed by atoms with van der Waals surface area (Å²) in [5.41, 5.74) is 4.10. The fraction of sp³-hybridized carbons (Fsp3) is 0.310. The Morgan fingerprint density at radius 2 is 1.62 bits per heavy atom. The van der Waals surface area contributed by atoms with Crippen molar-refractivity contribution in [1.29, 1.82) is 0 Å². The van der Waals surface area contributed by atoms with Crippen LogP contribution in [0.2, 0.25) is 0 Å². The van der Waals surface area contributed by atoms with Crippen LogP contribution in [0.25, 0.3) is 0 Å². The van der Waals surface area contributed by atoms with Crippen LogP contribution in [0.4, 0.5) is 0 Å². The lowest BCUT2D eigenvalue weighted by Gasteiger charge is -2.32. The normalized spacial score (nSPS) is 11.6. The molecular weight excluding hydrogens is 488 g/mol. The molecule has 0 saturated carbocycles. The maximum Gasteiger partial charge on any atom is 0.243 e. The lowest BCUT2D eigenvalue weighted by Crippen LogP contribution is -2.51. The molecule has 2 amide bonds. The van der Waals surface area contributed by atoms with Crippen LogP contribution in [-0.4, -0.2) is 29.3 Å². The number of rotatable bonds is 11. The van der Waals surface area contributed by atoms with Gasteiger partial charge >= 0.3 is 0 Å². The van der Waals surface area contributed by atoms with E-state index in [4.69, 9.17) is 0 Å². The van der Waals surface area contributed by atoms with E-state index in [1.807, 2.05) is 85.8 Å². The SMILES string of the molecule is CCCCNC(=O)[C@H](Cc1ccccc1)N(Cc1cccc(Br)c1)C(=O)Cc1ccc(C)cc1. The molecule has 5 heteroatoms. The molecular formula is C29H33BrN2O2. The number of nitrogens with one attached hydrogen (secondary N) is 1. The first-order valence-corrected chi connectivity index (χ1v) is 12.7. The Morgan fingerprint density at radius 3 is 2.29 bits per heavy atom. The summed E-state index contributed by atoms with van der Waals surface area (Å²) in [6.45, 7) is 5.10. The standard InChI is InChI=1S/C29H33BrN2O2/c1-3-4-17-31-29(34)27(19-23-9-6-5-7-10-23)32(21-25-11-8-12-26(30)18-25)28(33)20-24-15-13-22(2)14-16-24/h5-16,18,27H,3-4,17,19-21H2,1-2H3,(H,31,34)/t27-/m0/s1. The summed E-state index contributed by atoms with van der Waals surface area (Å²) in [5.74, 6) is -0.167. The summed E-state index contributed by atoms with van der Waals surface area (Å²) < 4.78 is 0.947. The highest BCUT2D eigenvalue weighted by Gasteiger charge is 2.30. The maximum absolute atomic E-state index is 13.7. The van der Waals surface area contributed by atoms with Gasteiger partial charge in [0.05, 0.1) is 6.42 Å². The molecule has 1 N–H and O–H groups in total. The van der Waals surface area contributed by atoms with Gasteiger partial charge in [-0.15, -0.1) is 0 Å². The molecule has 0 aliphatic rings. The highest BCUT2D eigenvalue weighted by atomic mass is 79.9. The average Bonchev–Trinajstić information content (AvgIpc) is 2.83. The highest BCUT2D eigenvalue weighted by Crippen LogP contribution is 2.19. The van der Waals surface area contributed by atoms with Crippen LogP contribution in [0.3, 0.4) is 0 Å². The van der Waals surface area contributed by atoms with Crippen molar-refractivity contribution in [3.8, 4) is 0 Å². The second kappa shape index (κ2) is 13.1. The maximum atomic E-state index is 13.7. The molecule has 0 unspecified atom stereocenters. The minimum atomic E-state index is -0.601. The zero-order valence-corrected chi connectivity index (χ0v) is 21.6. The van der Waals surface area contributed by atoms with Crippen molar-refractivity contribution < 1.29 is 9.59 Å². The van der Waals surface area contributed by atoms with E-state index in [-0.39, 0.29) is 18.2 Å². The molecule has 4 nitrogen and oxygen atoms in total. The quantitative estimate of drug-likeness (QED) is 0.322. The molecule has 3 aromatic rings. The Kier molecular flexibility index (Phi) is 9.89. The first-order chi connectivity index (χ1) is 16.5. The smallest absolute Gasteiger partial charge is 0.243 e. The van der Waals surface area contributed by atoms with E-state index in [0.29, 0.717) is 19.5 Å². The molecule has 0 radical (unpaired) electrons. The number of unbranched alkanes of at least 4 members (excludes halogenated alkanes) is 1. The minimum Gasteiger partial charge on any atom is -0.354 e. The van der Waals surface area contributed by atoms with Gasteiger partial charge in [-0.3, -0.25) is 9.59 Å². The molecule has 0 bridgehead atoms. The van der Waals surface area contributed by atoms with E-state index in [2.05, 4.69) is 28.2 Å². The second-order valence-corrected chi connectivity index (χ2v) is 9.58. The molecule has 0 fully saturated rings. The van der Waals surface area contributed by atoms with Crippen LogP contribution in [0, 0.1) is 6.92 Å². The van der Waals surface area contributed by atoms with Gasteiger partial charge < -0.3 is 10.2 Å². The number of carbonyl (C=O) groups excluding carboxylic acids is 2. The summed E-state index contributed by atoms with van der Waals surface area (Å²) in [4.78, 5) is 28.8. The molecule has 178 valence electrons. The number of hydrogen-bond donors (Lipinski definition) is 1. The van der Waals surface area contributed by atoms with E-state index in [1.165, 1.54) is 0 Å². The molecule has 3 rings (SSSR count). The van der Waals surface area contributed by atoms with Crippen molar-refractivity contribution in [2.45, 2.75) is 52.1 Å². The van der Waals surface area contributed by atoms with E-state index < -0.39 is 6.04 Å². The average molecular weight is 521 g/mol. The van der Waals surface area contributed by atoms with Crippen LogP contribution < -0.4 is 5.32 Å². The number of halogens is 1. The number of aryl methyl sites for hydroxylation is 1. The predicted molar refractivity (Wildman–Crippen MR) is 141 cm³/mol. The van der Waals surface area contributed by atoms with Crippen molar-refractivity contribution in [2.75, 3.05) is 6.54 Å². The number of carbonyl (C=O) groups is 2. The zero-order valence-electron chi connectivity index (χ0n) is 20.0. The van der Waals surface area contributed by atoms with Crippen molar-refractivity contribution in [3.05, 3.63) is 106 Å². The van der Waals surface area contributed by atoms with E-state index in [1.54, 1.807) is 4.90 Å². The summed E-state index contributed by atoms with van der Waals surface area (Å²) in [6, 6.07) is 25.2. The minimum absolute atomic E-state index is 0.0598. The van der Waals surface area contributed by atoms with Gasteiger partial charge in [0.2, 0.25) is 11.8 Å². The van der Waals surface area contributed by atoms with Gasteiger partial charge in [0, 0.05) is 24.0 Å². The summed E-state index contributed by atoms with van der Waals surface area (Å²) in [7, 11) is 0. The summed E-state index contributed by atoms with van der Waals surface area (Å²) >= 11 is 3.53. The van der Waals surface area contributed by atoms with Crippen LogP contribution >= 0.6 is 15.9 Å². The summed E-state index contributed by atoms with van der Waals surface area (Å²) in [6.07, 6.45) is 2.62. The van der Waals surface area contributed by atoms with Gasteiger partial charge in [-0.2, -0.15) is 0 Å². The van der Waals surface area contributed by atoms with Crippen molar-refractivity contribution >= 4 is 27.7 Å². The van der Waals surface area contributed by atoms with Crippen LogP contribution in [0.15, 0.2) is 83.3 Å². The van der Waals surface area contributed by atoms with Gasteiger partial charge in [0.15, 0.2) is 0 Å². The number of amides is 2. The Morgan fingerprint density at radius 1 is 0.912 bits per heavy atom. The summed E-state index contributed by atoms with van der Waals surface area (Å²) in [5, 5.41) is 3.07. The van der Waals surface area contributed by atoms with Crippen molar-refractivity contribution in [2.24, 2.45) is 0 Å². The number of nitrogens with zero attached hydrogens (tertiary/aromatic N) is 1. The van der Waals surface area contributed by atoms with Gasteiger partial charge in [0.1, 0.15) is 6.04 Å². The van der Waals surface area contributed by atoms with E-state index in [9.17, 15) is 9.59 Å². The lowest BCUT2D eigenvalue weighted by molar-refractivity contribution is -0.140. The topological polar surface area (TPSA) is 49.4 Å². The van der Waals surface area contributed by atoms with Crippen LogP contribution in [0.5, 0.6) is 0 Å². The fourth-order valence-electron chi connectivity index (χ4n) is 3.87. The molecule has 0 saturated heterocycles. The Bertz CT molecular complexity index is 1070. The van der Waals surface area contributed by atoms with Gasteiger partial charge in [-0.25, -0.2) is 0 Å². The Hall–Kier alpha value is -2.92. The van der Waals surface area contributed by atoms with E-state index >= 15 is 0 Å². The first-order valence-electron chi connectivity index (χ1n) is 11.9. The third-order valence-electron chi connectivity index (χ3n) is 5.82. The first kappa shape index (κ1) is 25.7. The molecule has 1 atom stereocenters. The van der Waals surface area contributed by atoms with Gasteiger partial charge in [0.25, 0.3) is 0 Å². The molecule has 0 aromatic heterocycles.